The van der Waals surface area contributed by atoms with Gasteiger partial charge in [-0.2, -0.15) is 0 Å². The van der Waals surface area contributed by atoms with Gasteiger partial charge in [-0.15, -0.1) is 5.10 Å². The van der Waals surface area contributed by atoms with Crippen LogP contribution in [-0.2, 0) is 12.8 Å². The number of aryl methyl sites for hydroxylation is 2. The normalized spacial score (nSPS) is 19.4. The fourth-order valence-corrected chi connectivity index (χ4v) is 3.88. The fourth-order valence-electron chi connectivity index (χ4n) is 3.88. The van der Waals surface area contributed by atoms with E-state index < -0.39 is 0 Å². The van der Waals surface area contributed by atoms with Crippen molar-refractivity contribution in [2.24, 2.45) is 0 Å². The minimum absolute atomic E-state index is 0.366. The van der Waals surface area contributed by atoms with Gasteiger partial charge in [-0.3, -0.25) is 0 Å². The third kappa shape index (κ3) is 1.80. The number of rotatable bonds is 3. The highest BCUT2D eigenvalue weighted by atomic mass is 15.4. The van der Waals surface area contributed by atoms with E-state index in [1.807, 2.05) is 6.20 Å². The highest BCUT2D eigenvalue weighted by molar-refractivity contribution is 5.87. The van der Waals surface area contributed by atoms with Gasteiger partial charge in [0.1, 0.15) is 0 Å². The number of aromatic nitrogens is 3. The second kappa shape index (κ2) is 4.83. The molecule has 1 aliphatic heterocycles. The molecule has 0 fully saturated rings. The van der Waals surface area contributed by atoms with Crippen LogP contribution in [0.5, 0.6) is 0 Å². The molecule has 1 aliphatic carbocycles. The molecule has 108 valence electrons. The average Bonchev–Trinajstić information content (AvgIpc) is 3.08. The maximum absolute atomic E-state index is 4.29. The van der Waals surface area contributed by atoms with Gasteiger partial charge in [0.25, 0.3) is 0 Å². The lowest BCUT2D eigenvalue weighted by Crippen LogP contribution is -2.09. The van der Waals surface area contributed by atoms with Gasteiger partial charge >= 0.3 is 0 Å². The van der Waals surface area contributed by atoms with Crippen molar-refractivity contribution >= 4 is 5.57 Å². The number of unbranched alkanes of at least 4 members (excludes halogenated alkanes) is 1. The van der Waals surface area contributed by atoms with Gasteiger partial charge in [-0.1, -0.05) is 36.8 Å². The van der Waals surface area contributed by atoms with E-state index in [1.165, 1.54) is 47.2 Å². The standard InChI is InChI=1S/C18H21N3/c1-3-4-6-13-7-5-8-14-9-10-15-12(2)21-16(11-19-20-21)18(15)17(13)14/h5,7-8,11-12H,3-4,6,9-10H2,1-2H3. The van der Waals surface area contributed by atoms with Crippen LogP contribution in [0.2, 0.25) is 0 Å². The fraction of sp³-hybridized carbons (Fsp3) is 0.444. The molecule has 0 bridgehead atoms. The van der Waals surface area contributed by atoms with Crippen LogP contribution in [0.25, 0.3) is 5.57 Å². The summed E-state index contributed by atoms with van der Waals surface area (Å²) in [5, 5.41) is 8.42. The molecule has 1 aromatic carbocycles. The van der Waals surface area contributed by atoms with Gasteiger partial charge in [0.15, 0.2) is 0 Å². The van der Waals surface area contributed by atoms with E-state index in [0.29, 0.717) is 6.04 Å². The molecule has 0 radical (unpaired) electrons. The summed E-state index contributed by atoms with van der Waals surface area (Å²) in [4.78, 5) is 0. The van der Waals surface area contributed by atoms with Crippen LogP contribution in [0.15, 0.2) is 30.0 Å². The first kappa shape index (κ1) is 12.8. The van der Waals surface area contributed by atoms with Crippen molar-refractivity contribution in [1.82, 2.24) is 15.0 Å². The number of allylic oxidation sites excluding steroid dienone is 1. The molecule has 1 atom stereocenters. The van der Waals surface area contributed by atoms with Crippen LogP contribution in [0.4, 0.5) is 0 Å². The number of nitrogens with zero attached hydrogens (tertiary/aromatic N) is 3. The van der Waals surface area contributed by atoms with Gasteiger partial charge in [0.05, 0.1) is 17.9 Å². The molecular formula is C18H21N3. The summed E-state index contributed by atoms with van der Waals surface area (Å²) in [6.07, 6.45) is 7.93. The van der Waals surface area contributed by atoms with E-state index in [1.54, 1.807) is 5.57 Å². The molecule has 0 saturated heterocycles. The zero-order chi connectivity index (χ0) is 14.4. The molecule has 0 spiro atoms. The number of hydrogen-bond acceptors (Lipinski definition) is 2. The number of fused-ring (bicyclic) bond motifs is 4. The van der Waals surface area contributed by atoms with Gasteiger partial charge < -0.3 is 0 Å². The molecule has 0 saturated carbocycles. The lowest BCUT2D eigenvalue weighted by Gasteiger charge is -2.23. The van der Waals surface area contributed by atoms with Crippen LogP contribution >= 0.6 is 0 Å². The van der Waals surface area contributed by atoms with Gasteiger partial charge in [-0.25, -0.2) is 4.68 Å². The SMILES string of the molecule is CCCCc1cccc2c1C1=C(CC2)C(C)n2nncc21. The summed E-state index contributed by atoms with van der Waals surface area (Å²) >= 11 is 0. The Hall–Kier alpha value is -1.90. The van der Waals surface area contributed by atoms with Gasteiger partial charge in [-0.05, 0) is 54.9 Å². The van der Waals surface area contributed by atoms with Crippen LogP contribution in [0.3, 0.4) is 0 Å². The largest absolute Gasteiger partial charge is 0.238 e. The maximum Gasteiger partial charge on any atom is 0.0899 e. The summed E-state index contributed by atoms with van der Waals surface area (Å²) in [5.74, 6) is 0. The predicted molar refractivity (Wildman–Crippen MR) is 84.1 cm³/mol. The molecular weight excluding hydrogens is 258 g/mol. The molecule has 2 heterocycles. The van der Waals surface area contributed by atoms with Crippen LogP contribution in [-0.4, -0.2) is 15.0 Å². The second-order valence-corrected chi connectivity index (χ2v) is 6.19. The van der Waals surface area contributed by atoms with Gasteiger partial charge in [0.2, 0.25) is 0 Å². The molecule has 3 heteroatoms. The quantitative estimate of drug-likeness (QED) is 0.852. The third-order valence-corrected chi connectivity index (χ3v) is 4.97. The Morgan fingerprint density at radius 2 is 2.19 bits per heavy atom. The summed E-state index contributed by atoms with van der Waals surface area (Å²) in [6.45, 7) is 4.51. The van der Waals surface area contributed by atoms with Crippen LogP contribution in [0, 0.1) is 0 Å². The monoisotopic (exact) mass is 279 g/mol. The lowest BCUT2D eigenvalue weighted by molar-refractivity contribution is 0.535. The molecule has 0 N–H and O–H groups in total. The summed E-state index contributed by atoms with van der Waals surface area (Å²) in [6, 6.07) is 7.20. The zero-order valence-electron chi connectivity index (χ0n) is 12.8. The first-order chi connectivity index (χ1) is 10.3. The van der Waals surface area contributed by atoms with Crippen molar-refractivity contribution in [1.29, 1.82) is 0 Å². The molecule has 21 heavy (non-hydrogen) atoms. The van der Waals surface area contributed by atoms with E-state index >= 15 is 0 Å². The molecule has 2 aliphatic rings. The van der Waals surface area contributed by atoms with Crippen molar-refractivity contribution < 1.29 is 0 Å². The molecule has 4 rings (SSSR count). The van der Waals surface area contributed by atoms with Gasteiger partial charge in [0, 0.05) is 5.57 Å². The Balaban J connectivity index is 1.91. The van der Waals surface area contributed by atoms with Crippen molar-refractivity contribution in [3.63, 3.8) is 0 Å². The Kier molecular flexibility index (Phi) is 2.95. The van der Waals surface area contributed by atoms with Crippen molar-refractivity contribution in [2.45, 2.75) is 52.0 Å². The van der Waals surface area contributed by atoms with E-state index in [9.17, 15) is 0 Å². The van der Waals surface area contributed by atoms with Crippen molar-refractivity contribution in [2.75, 3.05) is 0 Å². The maximum atomic E-state index is 4.29. The minimum Gasteiger partial charge on any atom is -0.238 e. The molecule has 3 nitrogen and oxygen atoms in total. The Labute approximate surface area is 125 Å². The second-order valence-electron chi connectivity index (χ2n) is 6.19. The van der Waals surface area contributed by atoms with Crippen molar-refractivity contribution in [3.8, 4) is 0 Å². The van der Waals surface area contributed by atoms with E-state index in [0.717, 1.165) is 12.8 Å². The average molecular weight is 279 g/mol. The number of hydrogen-bond donors (Lipinski definition) is 0. The first-order valence-corrected chi connectivity index (χ1v) is 8.06. The van der Waals surface area contributed by atoms with E-state index in [2.05, 4.69) is 47.0 Å². The Morgan fingerprint density at radius 3 is 3.05 bits per heavy atom. The minimum atomic E-state index is 0.366. The van der Waals surface area contributed by atoms with Crippen LogP contribution in [0.1, 0.15) is 61.5 Å². The summed E-state index contributed by atoms with van der Waals surface area (Å²) < 4.78 is 2.09. The van der Waals surface area contributed by atoms with Crippen LogP contribution < -0.4 is 0 Å². The summed E-state index contributed by atoms with van der Waals surface area (Å²) in [5.41, 5.74) is 8.69. The zero-order valence-corrected chi connectivity index (χ0v) is 12.8. The summed E-state index contributed by atoms with van der Waals surface area (Å²) in [7, 11) is 0. The Morgan fingerprint density at radius 1 is 1.29 bits per heavy atom. The third-order valence-electron chi connectivity index (χ3n) is 4.97. The highest BCUT2D eigenvalue weighted by Gasteiger charge is 2.34. The molecule has 1 unspecified atom stereocenters. The Bertz CT molecular complexity index is 724. The molecule has 0 amide bonds. The smallest absolute Gasteiger partial charge is 0.0899 e. The molecule has 1 aromatic heterocycles. The predicted octanol–water partition coefficient (Wildman–Crippen LogP) is 3.94. The highest BCUT2D eigenvalue weighted by Crippen LogP contribution is 2.46. The topological polar surface area (TPSA) is 30.7 Å². The van der Waals surface area contributed by atoms with Crippen molar-refractivity contribution in [3.05, 3.63) is 52.4 Å². The molecule has 2 aromatic rings. The first-order valence-electron chi connectivity index (χ1n) is 8.06. The van der Waals surface area contributed by atoms with E-state index in [-0.39, 0.29) is 0 Å². The number of benzene rings is 1. The van der Waals surface area contributed by atoms with E-state index in [4.69, 9.17) is 0 Å². The lowest BCUT2D eigenvalue weighted by atomic mass is 9.80.